The Morgan fingerprint density at radius 2 is 1.64 bits per heavy atom. The first-order chi connectivity index (χ1) is 5.33. The molecule has 0 radical (unpaired) electrons. The second-order valence-corrected chi connectivity index (χ2v) is 5.30. The van der Waals surface area contributed by atoms with Gasteiger partial charge < -0.3 is 0 Å². The lowest BCUT2D eigenvalue weighted by Gasteiger charge is -2.09. The molecule has 0 aromatic heterocycles. The van der Waals surface area contributed by atoms with Crippen molar-refractivity contribution in [2.75, 3.05) is 0 Å². The van der Waals surface area contributed by atoms with Gasteiger partial charge in [0, 0.05) is 0 Å². The zero-order valence-electron chi connectivity index (χ0n) is 7.42. The molecule has 0 aliphatic heterocycles. The summed E-state index contributed by atoms with van der Waals surface area (Å²) in [4.78, 5) is 0. The number of fused-ring (bicyclic) bond motifs is 1. The second-order valence-electron chi connectivity index (χ2n) is 5.30. The van der Waals surface area contributed by atoms with Crippen LogP contribution in [0.25, 0.3) is 0 Å². The third-order valence-electron chi connectivity index (χ3n) is 4.25. The maximum absolute atomic E-state index is 2.42. The van der Waals surface area contributed by atoms with Crippen LogP contribution in [0.5, 0.6) is 0 Å². The van der Waals surface area contributed by atoms with Gasteiger partial charge in [-0.05, 0) is 61.7 Å². The first kappa shape index (κ1) is 6.51. The Morgan fingerprint density at radius 1 is 1.00 bits per heavy atom. The van der Waals surface area contributed by atoms with Gasteiger partial charge in [0.05, 0.1) is 0 Å². The SMILES string of the molecule is CC1CC1CC1CC2CC2C1. The van der Waals surface area contributed by atoms with E-state index in [9.17, 15) is 0 Å². The van der Waals surface area contributed by atoms with Crippen molar-refractivity contribution in [3.63, 3.8) is 0 Å². The summed E-state index contributed by atoms with van der Waals surface area (Å²) >= 11 is 0. The third kappa shape index (κ3) is 1.11. The zero-order valence-corrected chi connectivity index (χ0v) is 7.42. The Hall–Kier alpha value is 0. The lowest BCUT2D eigenvalue weighted by Crippen LogP contribution is -1.98. The lowest BCUT2D eigenvalue weighted by atomic mass is 9.96. The van der Waals surface area contributed by atoms with E-state index >= 15 is 0 Å². The van der Waals surface area contributed by atoms with Gasteiger partial charge in [-0.3, -0.25) is 0 Å². The molecule has 0 bridgehead atoms. The highest BCUT2D eigenvalue weighted by molar-refractivity contribution is 4.97. The summed E-state index contributed by atoms with van der Waals surface area (Å²) in [5.74, 6) is 5.81. The highest BCUT2D eigenvalue weighted by atomic mass is 14.5. The van der Waals surface area contributed by atoms with E-state index in [-0.39, 0.29) is 0 Å². The Labute approximate surface area is 69.4 Å². The summed E-state index contributed by atoms with van der Waals surface area (Å²) < 4.78 is 0. The van der Waals surface area contributed by atoms with E-state index in [2.05, 4.69) is 6.92 Å². The number of hydrogen-bond donors (Lipinski definition) is 0. The van der Waals surface area contributed by atoms with Gasteiger partial charge in [-0.15, -0.1) is 0 Å². The molecule has 4 unspecified atom stereocenters. The van der Waals surface area contributed by atoms with E-state index < -0.39 is 0 Å². The van der Waals surface area contributed by atoms with Crippen LogP contribution in [0.4, 0.5) is 0 Å². The topological polar surface area (TPSA) is 0 Å². The summed E-state index contributed by atoms with van der Waals surface area (Å²) in [6.45, 7) is 2.42. The molecule has 11 heavy (non-hydrogen) atoms. The molecule has 0 spiro atoms. The van der Waals surface area contributed by atoms with Crippen LogP contribution in [0.2, 0.25) is 0 Å². The molecule has 0 N–H and O–H groups in total. The molecule has 0 saturated heterocycles. The van der Waals surface area contributed by atoms with E-state index in [1.807, 2.05) is 0 Å². The molecule has 3 fully saturated rings. The van der Waals surface area contributed by atoms with Crippen molar-refractivity contribution < 1.29 is 0 Å². The molecule has 0 heteroatoms. The molecule has 0 aromatic carbocycles. The summed E-state index contributed by atoms with van der Waals surface area (Å²) in [6, 6.07) is 0. The largest absolute Gasteiger partial charge is 0.0622 e. The predicted octanol–water partition coefficient (Wildman–Crippen LogP) is 3.08. The van der Waals surface area contributed by atoms with Crippen LogP contribution in [0.3, 0.4) is 0 Å². The summed E-state index contributed by atoms with van der Waals surface area (Å²) in [6.07, 6.45) is 7.94. The highest BCUT2D eigenvalue weighted by Gasteiger charge is 2.47. The van der Waals surface area contributed by atoms with Gasteiger partial charge in [0.15, 0.2) is 0 Å². The molecule has 3 rings (SSSR count). The smallest absolute Gasteiger partial charge is 0.0380 e. The summed E-state index contributed by atoms with van der Waals surface area (Å²) in [5, 5.41) is 0. The fourth-order valence-corrected chi connectivity index (χ4v) is 3.19. The van der Waals surface area contributed by atoms with E-state index in [4.69, 9.17) is 0 Å². The van der Waals surface area contributed by atoms with E-state index in [0.29, 0.717) is 0 Å². The van der Waals surface area contributed by atoms with Crippen molar-refractivity contribution in [3.05, 3.63) is 0 Å². The van der Waals surface area contributed by atoms with Gasteiger partial charge in [0.1, 0.15) is 0 Å². The fraction of sp³-hybridized carbons (Fsp3) is 1.00. The monoisotopic (exact) mass is 150 g/mol. The molecule has 0 amide bonds. The molecule has 0 aromatic rings. The minimum Gasteiger partial charge on any atom is -0.0622 e. The van der Waals surface area contributed by atoms with Crippen molar-refractivity contribution >= 4 is 0 Å². The highest BCUT2D eigenvalue weighted by Crippen LogP contribution is 2.57. The van der Waals surface area contributed by atoms with Crippen LogP contribution in [0, 0.1) is 29.6 Å². The Kier molecular flexibility index (Phi) is 1.20. The number of hydrogen-bond acceptors (Lipinski definition) is 0. The minimum absolute atomic E-state index is 1.09. The van der Waals surface area contributed by atoms with Crippen molar-refractivity contribution in [3.8, 4) is 0 Å². The summed E-state index contributed by atoms with van der Waals surface area (Å²) in [5.41, 5.74) is 0. The first-order valence-electron chi connectivity index (χ1n) is 5.33. The third-order valence-corrected chi connectivity index (χ3v) is 4.25. The maximum Gasteiger partial charge on any atom is -0.0380 e. The van der Waals surface area contributed by atoms with E-state index in [0.717, 1.165) is 17.8 Å². The van der Waals surface area contributed by atoms with Gasteiger partial charge in [-0.25, -0.2) is 0 Å². The number of rotatable bonds is 2. The molecule has 62 valence electrons. The quantitative estimate of drug-likeness (QED) is 0.567. The fourth-order valence-electron chi connectivity index (χ4n) is 3.19. The van der Waals surface area contributed by atoms with Gasteiger partial charge in [-0.2, -0.15) is 0 Å². The molecular weight excluding hydrogens is 132 g/mol. The van der Waals surface area contributed by atoms with Crippen LogP contribution in [0.1, 0.15) is 39.0 Å². The van der Waals surface area contributed by atoms with E-state index in [1.165, 1.54) is 11.8 Å². The van der Waals surface area contributed by atoms with Crippen LogP contribution in [0.15, 0.2) is 0 Å². The van der Waals surface area contributed by atoms with Crippen molar-refractivity contribution in [2.24, 2.45) is 29.6 Å². The molecule has 0 nitrogen and oxygen atoms in total. The van der Waals surface area contributed by atoms with Crippen LogP contribution in [-0.4, -0.2) is 0 Å². The van der Waals surface area contributed by atoms with Gasteiger partial charge in [0.25, 0.3) is 0 Å². The lowest BCUT2D eigenvalue weighted by molar-refractivity contribution is 0.418. The normalized spacial score (nSPS) is 59.2. The minimum atomic E-state index is 1.09. The second kappa shape index (κ2) is 2.02. The Balaban J connectivity index is 1.50. The van der Waals surface area contributed by atoms with Gasteiger partial charge >= 0.3 is 0 Å². The first-order valence-corrected chi connectivity index (χ1v) is 5.33. The average Bonchev–Trinajstić information content (AvgIpc) is 2.79. The van der Waals surface area contributed by atoms with Gasteiger partial charge in [0.2, 0.25) is 0 Å². The van der Waals surface area contributed by atoms with Crippen molar-refractivity contribution in [1.82, 2.24) is 0 Å². The molecular formula is C11H18. The maximum atomic E-state index is 2.42. The average molecular weight is 150 g/mol. The molecule has 0 heterocycles. The zero-order chi connectivity index (χ0) is 7.42. The van der Waals surface area contributed by atoms with Crippen molar-refractivity contribution in [2.45, 2.75) is 39.0 Å². The van der Waals surface area contributed by atoms with Gasteiger partial charge in [-0.1, -0.05) is 6.92 Å². The van der Waals surface area contributed by atoms with Crippen LogP contribution in [-0.2, 0) is 0 Å². The van der Waals surface area contributed by atoms with Crippen LogP contribution < -0.4 is 0 Å². The van der Waals surface area contributed by atoms with Crippen molar-refractivity contribution in [1.29, 1.82) is 0 Å². The molecule has 3 aliphatic carbocycles. The standard InChI is InChI=1S/C11H18/c1-7-2-9(7)3-8-4-10-6-11(10)5-8/h7-11H,2-6H2,1H3. The summed E-state index contributed by atoms with van der Waals surface area (Å²) in [7, 11) is 0. The van der Waals surface area contributed by atoms with Crippen LogP contribution >= 0.6 is 0 Å². The molecule has 3 aliphatic rings. The van der Waals surface area contributed by atoms with E-state index in [1.54, 1.807) is 32.1 Å². The Bertz CT molecular complexity index is 163. The molecule has 3 saturated carbocycles. The Morgan fingerprint density at radius 3 is 2.18 bits per heavy atom. The molecule has 4 atom stereocenters. The predicted molar refractivity (Wildman–Crippen MR) is 46.2 cm³/mol.